The van der Waals surface area contributed by atoms with Gasteiger partial charge in [-0.25, -0.2) is 4.39 Å². The molecule has 0 aliphatic heterocycles. The molecule has 2 rings (SSSR count). The topological polar surface area (TPSA) is 21.3 Å². The monoisotopic (exact) mass is 401 g/mol. The summed E-state index contributed by atoms with van der Waals surface area (Å²) in [6.45, 7) is 1.02. The first kappa shape index (κ1) is 15.5. The van der Waals surface area contributed by atoms with Gasteiger partial charge in [0.2, 0.25) is 0 Å². The van der Waals surface area contributed by atoms with Crippen LogP contribution in [-0.2, 0) is 13.2 Å². The second-order valence-corrected chi connectivity index (χ2v) is 5.99. The Labute approximate surface area is 134 Å². The molecule has 0 atom stereocenters. The summed E-state index contributed by atoms with van der Waals surface area (Å²) < 4.78 is 20.7. The van der Waals surface area contributed by atoms with Crippen molar-refractivity contribution in [3.63, 3.8) is 0 Å². The van der Waals surface area contributed by atoms with E-state index in [4.69, 9.17) is 4.74 Å². The van der Waals surface area contributed by atoms with E-state index in [1.807, 2.05) is 31.3 Å². The molecule has 5 heteroatoms. The van der Waals surface area contributed by atoms with Crippen LogP contribution in [0.15, 0.2) is 45.3 Å². The van der Waals surface area contributed by atoms with Gasteiger partial charge in [-0.05, 0) is 47.2 Å². The largest absolute Gasteiger partial charge is 0.489 e. The SMILES string of the molecule is CNCc1cc(Br)ccc1OCc1cccc(F)c1Br. The lowest BCUT2D eigenvalue weighted by Crippen LogP contribution is -2.08. The summed E-state index contributed by atoms with van der Waals surface area (Å²) in [5.41, 5.74) is 1.83. The van der Waals surface area contributed by atoms with E-state index in [2.05, 4.69) is 37.2 Å². The lowest BCUT2D eigenvalue weighted by atomic mass is 10.2. The summed E-state index contributed by atoms with van der Waals surface area (Å²) in [5.74, 6) is 0.510. The van der Waals surface area contributed by atoms with Crippen molar-refractivity contribution in [2.24, 2.45) is 0 Å². The minimum absolute atomic E-state index is 0.280. The molecule has 0 heterocycles. The van der Waals surface area contributed by atoms with Crippen molar-refractivity contribution in [3.8, 4) is 5.75 Å². The van der Waals surface area contributed by atoms with Crippen molar-refractivity contribution in [3.05, 3.63) is 62.3 Å². The van der Waals surface area contributed by atoms with Gasteiger partial charge in [0.1, 0.15) is 18.2 Å². The Morgan fingerprint density at radius 2 is 1.95 bits per heavy atom. The minimum Gasteiger partial charge on any atom is -0.489 e. The highest BCUT2D eigenvalue weighted by Gasteiger charge is 2.08. The first-order valence-corrected chi connectivity index (χ1v) is 7.69. The molecular weight excluding hydrogens is 389 g/mol. The van der Waals surface area contributed by atoms with Gasteiger partial charge in [-0.1, -0.05) is 28.1 Å². The first-order valence-electron chi connectivity index (χ1n) is 6.10. The molecule has 0 aliphatic rings. The van der Waals surface area contributed by atoms with E-state index >= 15 is 0 Å². The standard InChI is InChI=1S/C15H14Br2FNO/c1-19-8-11-7-12(16)5-6-14(11)20-9-10-3-2-4-13(18)15(10)17/h2-7,19H,8-9H2,1H3. The highest BCUT2D eigenvalue weighted by Crippen LogP contribution is 2.26. The van der Waals surface area contributed by atoms with Crippen LogP contribution in [0.5, 0.6) is 5.75 Å². The molecule has 0 aromatic heterocycles. The molecule has 0 aliphatic carbocycles. The summed E-state index contributed by atoms with van der Waals surface area (Å²) in [6.07, 6.45) is 0. The molecule has 0 spiro atoms. The molecule has 0 bridgehead atoms. The molecular formula is C15H14Br2FNO. The Morgan fingerprint density at radius 3 is 2.70 bits per heavy atom. The van der Waals surface area contributed by atoms with E-state index < -0.39 is 0 Å². The van der Waals surface area contributed by atoms with Crippen LogP contribution in [0.25, 0.3) is 0 Å². The number of nitrogens with one attached hydrogen (secondary N) is 1. The molecule has 1 N–H and O–H groups in total. The fourth-order valence-electron chi connectivity index (χ4n) is 1.83. The fourth-order valence-corrected chi connectivity index (χ4v) is 2.62. The number of hydrogen-bond donors (Lipinski definition) is 1. The van der Waals surface area contributed by atoms with E-state index in [-0.39, 0.29) is 5.82 Å². The maximum Gasteiger partial charge on any atom is 0.137 e. The van der Waals surface area contributed by atoms with Crippen LogP contribution >= 0.6 is 31.9 Å². The Balaban J connectivity index is 2.16. The Hall–Kier alpha value is -0.910. The van der Waals surface area contributed by atoms with Crippen LogP contribution in [0.3, 0.4) is 0 Å². The summed E-state index contributed by atoms with van der Waals surface area (Å²) in [6, 6.07) is 10.8. The predicted octanol–water partition coefficient (Wildman–Crippen LogP) is 4.65. The van der Waals surface area contributed by atoms with Crippen molar-refractivity contribution < 1.29 is 9.13 Å². The maximum atomic E-state index is 13.4. The third kappa shape index (κ3) is 3.81. The number of hydrogen-bond acceptors (Lipinski definition) is 2. The number of ether oxygens (including phenoxy) is 1. The third-order valence-electron chi connectivity index (χ3n) is 2.80. The molecule has 2 aromatic rings. The van der Waals surface area contributed by atoms with Gasteiger partial charge in [-0.2, -0.15) is 0 Å². The Morgan fingerprint density at radius 1 is 1.15 bits per heavy atom. The van der Waals surface area contributed by atoms with Gasteiger partial charge in [-0.15, -0.1) is 0 Å². The number of rotatable bonds is 5. The predicted molar refractivity (Wildman–Crippen MR) is 85.3 cm³/mol. The average molecular weight is 403 g/mol. The molecule has 20 heavy (non-hydrogen) atoms. The van der Waals surface area contributed by atoms with Gasteiger partial charge >= 0.3 is 0 Å². The van der Waals surface area contributed by atoms with Gasteiger partial charge in [-0.3, -0.25) is 0 Å². The smallest absolute Gasteiger partial charge is 0.137 e. The normalized spacial score (nSPS) is 10.6. The zero-order valence-corrected chi connectivity index (χ0v) is 14.1. The minimum atomic E-state index is -0.280. The van der Waals surface area contributed by atoms with Gasteiger partial charge < -0.3 is 10.1 Å². The fraction of sp³-hybridized carbons (Fsp3) is 0.200. The van der Waals surface area contributed by atoms with E-state index in [1.54, 1.807) is 6.07 Å². The third-order valence-corrected chi connectivity index (χ3v) is 4.19. The summed E-state index contributed by atoms with van der Waals surface area (Å²) in [5, 5.41) is 3.10. The van der Waals surface area contributed by atoms with Crippen LogP contribution in [0.4, 0.5) is 4.39 Å². The molecule has 2 aromatic carbocycles. The first-order chi connectivity index (χ1) is 9.61. The highest BCUT2D eigenvalue weighted by molar-refractivity contribution is 9.10. The van der Waals surface area contributed by atoms with Gasteiger partial charge in [0.25, 0.3) is 0 Å². The van der Waals surface area contributed by atoms with E-state index in [9.17, 15) is 4.39 Å². The van der Waals surface area contributed by atoms with Crippen LogP contribution in [0, 0.1) is 5.82 Å². The molecule has 2 nitrogen and oxygen atoms in total. The van der Waals surface area contributed by atoms with Gasteiger partial charge in [0.15, 0.2) is 0 Å². The molecule has 0 fully saturated rings. The van der Waals surface area contributed by atoms with Crippen molar-refractivity contribution in [1.82, 2.24) is 5.32 Å². The van der Waals surface area contributed by atoms with Crippen molar-refractivity contribution in [2.75, 3.05) is 7.05 Å². The van der Waals surface area contributed by atoms with E-state index in [0.717, 1.165) is 21.3 Å². The van der Waals surface area contributed by atoms with Crippen LogP contribution in [0.1, 0.15) is 11.1 Å². The highest BCUT2D eigenvalue weighted by atomic mass is 79.9. The van der Waals surface area contributed by atoms with Crippen LogP contribution < -0.4 is 10.1 Å². The molecule has 0 unspecified atom stereocenters. The Kier molecular flexibility index (Phi) is 5.57. The maximum absolute atomic E-state index is 13.4. The molecule has 0 saturated heterocycles. The van der Waals surface area contributed by atoms with Gasteiger partial charge in [0, 0.05) is 22.1 Å². The summed E-state index contributed by atoms with van der Waals surface area (Å²) in [7, 11) is 1.88. The molecule has 106 valence electrons. The molecule has 0 saturated carbocycles. The number of benzene rings is 2. The quantitative estimate of drug-likeness (QED) is 0.785. The second kappa shape index (κ2) is 7.20. The average Bonchev–Trinajstić information content (AvgIpc) is 2.42. The lowest BCUT2D eigenvalue weighted by Gasteiger charge is -2.13. The molecule has 0 radical (unpaired) electrons. The van der Waals surface area contributed by atoms with E-state index in [1.165, 1.54) is 6.07 Å². The second-order valence-electron chi connectivity index (χ2n) is 4.28. The van der Waals surface area contributed by atoms with Crippen LogP contribution in [-0.4, -0.2) is 7.05 Å². The summed E-state index contributed by atoms with van der Waals surface area (Å²) in [4.78, 5) is 0. The zero-order valence-electron chi connectivity index (χ0n) is 10.9. The zero-order chi connectivity index (χ0) is 14.5. The van der Waals surface area contributed by atoms with Crippen molar-refractivity contribution >= 4 is 31.9 Å². The number of halogens is 3. The lowest BCUT2D eigenvalue weighted by molar-refractivity contribution is 0.301. The Bertz CT molecular complexity index is 604. The van der Waals surface area contributed by atoms with Crippen LogP contribution in [0.2, 0.25) is 0 Å². The molecule has 0 amide bonds. The van der Waals surface area contributed by atoms with Crippen molar-refractivity contribution in [2.45, 2.75) is 13.2 Å². The van der Waals surface area contributed by atoms with Gasteiger partial charge in [0.05, 0.1) is 4.47 Å². The summed E-state index contributed by atoms with van der Waals surface area (Å²) >= 11 is 6.68. The van der Waals surface area contributed by atoms with E-state index in [0.29, 0.717) is 17.6 Å². The van der Waals surface area contributed by atoms with Crippen molar-refractivity contribution in [1.29, 1.82) is 0 Å².